The molecule has 66 heavy (non-hydrogen) atoms. The van der Waals surface area contributed by atoms with Gasteiger partial charge in [0.1, 0.15) is 23.1 Å². The van der Waals surface area contributed by atoms with Crippen molar-refractivity contribution < 1.29 is 38.8 Å². The fourth-order valence-corrected chi connectivity index (χ4v) is 11.0. The first-order chi connectivity index (χ1) is 32.1. The molecule has 0 bridgehead atoms. The molecule has 1 fully saturated rings. The van der Waals surface area contributed by atoms with Crippen LogP contribution in [0.1, 0.15) is 162 Å². The van der Waals surface area contributed by atoms with Crippen LogP contribution in [0.5, 0.6) is 11.5 Å². The molecule has 2 aromatic carbocycles. The lowest BCUT2D eigenvalue weighted by Gasteiger charge is -2.60. The zero-order valence-corrected chi connectivity index (χ0v) is 42.0. The number of allylic oxidation sites excluding steroid dienone is 1. The SMILES string of the molecule is C=CCOC12Oc3ccc(OCCSc4ccccc4)cc3C3C(CCCCO)C(CCCCO)C=C(C(=NOC(C)(C)C)CC1N(CCC)C(=O)OCCCCCCCCCCCC)C32. The highest BCUT2D eigenvalue weighted by Crippen LogP contribution is 2.62. The van der Waals surface area contributed by atoms with E-state index in [1.165, 1.54) is 49.8 Å². The number of hydrogen-bond acceptors (Lipinski definition) is 10. The number of thioether (sulfide) groups is 1. The lowest BCUT2D eigenvalue weighted by atomic mass is 9.55. The van der Waals surface area contributed by atoms with Crippen LogP contribution in [0.4, 0.5) is 4.79 Å². The summed E-state index contributed by atoms with van der Waals surface area (Å²) in [7, 11) is 0. The highest BCUT2D eigenvalue weighted by molar-refractivity contribution is 7.99. The fourth-order valence-electron chi connectivity index (χ4n) is 10.2. The minimum atomic E-state index is -1.33. The van der Waals surface area contributed by atoms with Gasteiger partial charge in [-0.3, -0.25) is 4.90 Å². The Labute approximate surface area is 402 Å². The van der Waals surface area contributed by atoms with E-state index in [0.29, 0.717) is 51.2 Å². The van der Waals surface area contributed by atoms with Crippen LogP contribution in [0.3, 0.4) is 0 Å². The molecular formula is C55H84N2O8S. The zero-order chi connectivity index (χ0) is 47.2. The number of carbonyl (C=O) groups is 1. The Hall–Kier alpha value is -3.51. The minimum Gasteiger partial charge on any atom is -0.493 e. The third-order valence-electron chi connectivity index (χ3n) is 13.2. The summed E-state index contributed by atoms with van der Waals surface area (Å²) in [6.45, 7) is 16.2. The number of benzene rings is 2. The maximum Gasteiger partial charge on any atom is 0.410 e. The summed E-state index contributed by atoms with van der Waals surface area (Å²) in [6.07, 6.45) is 21.7. The summed E-state index contributed by atoms with van der Waals surface area (Å²) in [5.41, 5.74) is 2.28. The Kier molecular flexibility index (Phi) is 22.8. The summed E-state index contributed by atoms with van der Waals surface area (Å²) < 4.78 is 27.2. The van der Waals surface area contributed by atoms with Crippen LogP contribution in [-0.2, 0) is 14.3 Å². The summed E-state index contributed by atoms with van der Waals surface area (Å²) in [5.74, 6) is 0.676. The van der Waals surface area contributed by atoms with Gasteiger partial charge in [-0.1, -0.05) is 120 Å². The van der Waals surface area contributed by atoms with Gasteiger partial charge in [0.25, 0.3) is 0 Å². The molecule has 1 saturated carbocycles. The smallest absolute Gasteiger partial charge is 0.410 e. The van der Waals surface area contributed by atoms with Crippen LogP contribution in [0.15, 0.2) is 82.9 Å². The molecule has 2 N–H and O–H groups in total. The van der Waals surface area contributed by atoms with E-state index in [-0.39, 0.29) is 43.7 Å². The molecular weight excluding hydrogens is 849 g/mol. The average Bonchev–Trinajstić information content (AvgIpc) is 3.31. The summed E-state index contributed by atoms with van der Waals surface area (Å²) in [5, 5.41) is 24.9. The molecule has 5 rings (SSSR count). The summed E-state index contributed by atoms with van der Waals surface area (Å²) in [6, 6.07) is 15.9. The largest absolute Gasteiger partial charge is 0.493 e. The average molecular weight is 933 g/mol. The molecule has 6 atom stereocenters. The first-order valence-electron chi connectivity index (χ1n) is 25.6. The Balaban J connectivity index is 1.55. The van der Waals surface area contributed by atoms with Crippen molar-refractivity contribution in [3.05, 3.63) is 78.4 Å². The first kappa shape index (κ1) is 53.4. The second-order valence-corrected chi connectivity index (χ2v) is 20.6. The van der Waals surface area contributed by atoms with E-state index in [2.05, 4.69) is 56.8 Å². The normalized spacial score (nSPS) is 22.7. The quantitative estimate of drug-likeness (QED) is 0.0330. The number of oxime groups is 1. The fraction of sp³-hybridized carbons (Fsp3) is 0.673. The molecule has 368 valence electrons. The predicted octanol–water partition coefficient (Wildman–Crippen LogP) is 13.1. The number of amides is 1. The number of carbonyl (C=O) groups excluding carboxylic acids is 1. The lowest BCUT2D eigenvalue weighted by molar-refractivity contribution is -0.255. The van der Waals surface area contributed by atoms with Gasteiger partial charge in [0.05, 0.1) is 31.5 Å². The van der Waals surface area contributed by atoms with Crippen LogP contribution in [-0.4, -0.2) is 89.7 Å². The van der Waals surface area contributed by atoms with Crippen molar-refractivity contribution >= 4 is 23.6 Å². The number of ether oxygens (including phenoxy) is 4. The van der Waals surface area contributed by atoms with Gasteiger partial charge in [0.2, 0.25) is 5.79 Å². The molecule has 1 amide bonds. The van der Waals surface area contributed by atoms with Crippen LogP contribution < -0.4 is 9.47 Å². The number of nitrogens with zero attached hydrogens (tertiary/aromatic N) is 2. The van der Waals surface area contributed by atoms with Crippen LogP contribution >= 0.6 is 11.8 Å². The monoisotopic (exact) mass is 933 g/mol. The number of fused-ring (bicyclic) bond motifs is 2. The molecule has 6 unspecified atom stereocenters. The molecule has 10 nitrogen and oxygen atoms in total. The Morgan fingerprint density at radius 1 is 0.894 bits per heavy atom. The number of hydrogen-bond donors (Lipinski definition) is 2. The maximum absolute atomic E-state index is 14.6. The highest BCUT2D eigenvalue weighted by atomic mass is 32.2. The molecule has 0 saturated heterocycles. The van der Waals surface area contributed by atoms with Crippen molar-refractivity contribution in [1.82, 2.24) is 4.90 Å². The van der Waals surface area contributed by atoms with Crippen LogP contribution in [0, 0.1) is 17.8 Å². The van der Waals surface area contributed by atoms with Crippen LogP contribution in [0.25, 0.3) is 0 Å². The van der Waals surface area contributed by atoms with Crippen molar-refractivity contribution in [2.45, 2.75) is 178 Å². The predicted molar refractivity (Wildman–Crippen MR) is 269 cm³/mol. The Morgan fingerprint density at radius 2 is 1.59 bits per heavy atom. The van der Waals surface area contributed by atoms with E-state index in [1.807, 2.05) is 43.9 Å². The van der Waals surface area contributed by atoms with Crippen molar-refractivity contribution in [3.8, 4) is 11.5 Å². The third kappa shape index (κ3) is 15.2. The summed E-state index contributed by atoms with van der Waals surface area (Å²) in [4.78, 5) is 24.0. The Bertz CT molecular complexity index is 1800. The van der Waals surface area contributed by atoms with E-state index < -0.39 is 23.3 Å². The topological polar surface area (TPSA) is 119 Å². The molecule has 1 heterocycles. The van der Waals surface area contributed by atoms with Crippen LogP contribution in [0.2, 0.25) is 0 Å². The minimum absolute atomic E-state index is 0.119. The number of aliphatic hydroxyl groups excluding tert-OH is 2. The molecule has 0 spiro atoms. The highest BCUT2D eigenvalue weighted by Gasteiger charge is 2.65. The molecule has 1 aliphatic heterocycles. The van der Waals surface area contributed by atoms with Gasteiger partial charge < -0.3 is 34.0 Å². The Morgan fingerprint density at radius 3 is 2.26 bits per heavy atom. The first-order valence-corrected chi connectivity index (χ1v) is 26.6. The summed E-state index contributed by atoms with van der Waals surface area (Å²) >= 11 is 1.77. The van der Waals surface area contributed by atoms with Crippen molar-refractivity contribution in [3.63, 3.8) is 0 Å². The molecule has 11 heteroatoms. The van der Waals surface area contributed by atoms with Crippen molar-refractivity contribution in [2.75, 3.05) is 45.3 Å². The number of aliphatic hydroxyl groups is 2. The van der Waals surface area contributed by atoms with E-state index in [1.54, 1.807) is 17.8 Å². The van der Waals surface area contributed by atoms with Gasteiger partial charge in [-0.15, -0.1) is 18.3 Å². The van der Waals surface area contributed by atoms with Gasteiger partial charge in [-0.05, 0) is 107 Å². The molecule has 3 aliphatic rings. The molecule has 0 aromatic heterocycles. The van der Waals surface area contributed by atoms with Gasteiger partial charge in [-0.25, -0.2) is 4.79 Å². The molecule has 2 aromatic rings. The van der Waals surface area contributed by atoms with Gasteiger partial charge >= 0.3 is 6.09 Å². The van der Waals surface area contributed by atoms with E-state index in [0.717, 1.165) is 73.3 Å². The third-order valence-corrected chi connectivity index (χ3v) is 14.2. The standard InChI is InChI=1S/C55H84N2O8S/c1-7-10-11-12-13-14-15-16-17-25-36-62-53(60)57(32-8-2)50-41-48(56-65-54(4,5)6)46-39-42(26-21-23-33-58)45(29-22-24-34-59)51-47-40-43(61-37-38-66-44-27-19-18-20-28-44)30-31-49(47)64-55(50,52(46)51)63-35-9-3/h9,18-20,27-28,30-31,39-40,42,45,50-52,58-59H,3,7-8,10-17,21-26,29,32-38,41H2,1-2,4-6H3. The molecule has 0 radical (unpaired) electrons. The second kappa shape index (κ2) is 28.1. The van der Waals surface area contributed by atoms with E-state index in [9.17, 15) is 15.0 Å². The van der Waals surface area contributed by atoms with E-state index in [4.69, 9.17) is 28.9 Å². The second-order valence-electron chi connectivity index (χ2n) is 19.5. The zero-order valence-electron chi connectivity index (χ0n) is 41.2. The van der Waals surface area contributed by atoms with Gasteiger partial charge in [0, 0.05) is 48.3 Å². The number of rotatable bonds is 31. The lowest BCUT2D eigenvalue weighted by Crippen LogP contribution is -2.70. The van der Waals surface area contributed by atoms with Crippen molar-refractivity contribution in [1.29, 1.82) is 0 Å². The van der Waals surface area contributed by atoms with E-state index >= 15 is 0 Å². The van der Waals surface area contributed by atoms with Crippen molar-refractivity contribution in [2.24, 2.45) is 22.9 Å². The van der Waals surface area contributed by atoms with Gasteiger partial charge in [-0.2, -0.15) is 0 Å². The number of unbranched alkanes of at least 4 members (excludes halogenated alkanes) is 11. The maximum atomic E-state index is 14.6. The van der Waals surface area contributed by atoms with Gasteiger partial charge in [0.15, 0.2) is 0 Å². The molecule has 2 aliphatic carbocycles.